The van der Waals surface area contributed by atoms with Gasteiger partial charge in [-0.2, -0.15) is 4.37 Å². The van der Waals surface area contributed by atoms with E-state index >= 15 is 0 Å². The number of nitrogens with zero attached hydrogens (tertiary/aromatic N) is 2. The summed E-state index contributed by atoms with van der Waals surface area (Å²) < 4.78 is 9.05. The number of aryl methyl sites for hydroxylation is 1. The van der Waals surface area contributed by atoms with Gasteiger partial charge in [0.2, 0.25) is 5.13 Å². The van der Waals surface area contributed by atoms with Crippen LogP contribution in [0.25, 0.3) is 0 Å². The maximum absolute atomic E-state index is 5.16. The number of nitrogens with one attached hydrogen (secondary N) is 1. The van der Waals surface area contributed by atoms with Crippen molar-refractivity contribution in [3.63, 3.8) is 0 Å². The Hall–Kier alpha value is -1.36. The van der Waals surface area contributed by atoms with Crippen LogP contribution < -0.4 is 5.32 Å². The van der Waals surface area contributed by atoms with Gasteiger partial charge in [-0.1, -0.05) is 0 Å². The molecule has 4 nitrogen and oxygen atoms in total. The highest BCUT2D eigenvalue weighted by Crippen LogP contribution is 2.12. The van der Waals surface area contributed by atoms with Crippen LogP contribution in [0.4, 0.5) is 5.13 Å². The lowest BCUT2D eigenvalue weighted by atomic mass is 10.3. The maximum Gasteiger partial charge on any atom is 0.202 e. The zero-order valence-electron chi connectivity index (χ0n) is 7.15. The summed E-state index contributed by atoms with van der Waals surface area (Å²) in [4.78, 5) is 4.01. The summed E-state index contributed by atoms with van der Waals surface area (Å²) >= 11 is 1.35. The second kappa shape index (κ2) is 3.57. The minimum absolute atomic E-state index is 0.734. The molecule has 13 heavy (non-hydrogen) atoms. The highest BCUT2D eigenvalue weighted by atomic mass is 32.1. The quantitative estimate of drug-likeness (QED) is 0.814. The summed E-state index contributed by atoms with van der Waals surface area (Å²) in [6, 6.07) is 1.95. The van der Waals surface area contributed by atoms with Gasteiger partial charge < -0.3 is 9.73 Å². The Morgan fingerprint density at radius 2 is 2.54 bits per heavy atom. The molecule has 5 heteroatoms. The molecule has 0 aliphatic heterocycles. The highest BCUT2D eigenvalue weighted by Gasteiger charge is 2.01. The second-order valence-corrected chi connectivity index (χ2v) is 3.38. The van der Waals surface area contributed by atoms with E-state index in [1.165, 1.54) is 17.9 Å². The van der Waals surface area contributed by atoms with Crippen LogP contribution >= 0.6 is 11.5 Å². The molecule has 0 unspecified atom stereocenters. The van der Waals surface area contributed by atoms with E-state index in [9.17, 15) is 0 Å². The van der Waals surface area contributed by atoms with Crippen LogP contribution in [-0.4, -0.2) is 9.36 Å². The fourth-order valence-corrected chi connectivity index (χ4v) is 1.44. The number of anilines is 1. The van der Waals surface area contributed by atoms with Crippen molar-refractivity contribution in [2.75, 3.05) is 5.32 Å². The zero-order chi connectivity index (χ0) is 9.10. The molecule has 0 aliphatic carbocycles. The van der Waals surface area contributed by atoms with E-state index in [2.05, 4.69) is 14.7 Å². The molecule has 0 amide bonds. The Kier molecular flexibility index (Phi) is 2.27. The third kappa shape index (κ3) is 1.86. The summed E-state index contributed by atoms with van der Waals surface area (Å²) in [7, 11) is 0. The molecule has 0 saturated heterocycles. The first kappa shape index (κ1) is 8.25. The van der Waals surface area contributed by atoms with E-state index in [0.717, 1.165) is 23.0 Å². The summed E-state index contributed by atoms with van der Waals surface area (Å²) in [5.74, 6) is 0.942. The van der Waals surface area contributed by atoms with Gasteiger partial charge in [0.15, 0.2) is 0 Å². The van der Waals surface area contributed by atoms with E-state index in [4.69, 9.17) is 4.42 Å². The largest absolute Gasteiger partial charge is 0.469 e. The smallest absolute Gasteiger partial charge is 0.202 e. The Morgan fingerprint density at radius 1 is 1.62 bits per heavy atom. The third-order valence-electron chi connectivity index (χ3n) is 1.76. The Bertz CT molecular complexity index is 368. The van der Waals surface area contributed by atoms with Gasteiger partial charge in [0.1, 0.15) is 12.1 Å². The van der Waals surface area contributed by atoms with Crippen LogP contribution in [0.15, 0.2) is 23.1 Å². The fraction of sp³-hybridized carbons (Fsp3) is 0.250. The molecule has 0 spiro atoms. The Labute approximate surface area is 79.8 Å². The third-order valence-corrected chi connectivity index (χ3v) is 2.38. The Morgan fingerprint density at radius 3 is 3.15 bits per heavy atom. The van der Waals surface area contributed by atoms with Crippen molar-refractivity contribution in [3.05, 3.63) is 30.0 Å². The molecular weight excluding hydrogens is 186 g/mol. The summed E-state index contributed by atoms with van der Waals surface area (Å²) in [6.07, 6.45) is 3.22. The SMILES string of the molecule is Cc1occc1CNc1ncns1. The van der Waals surface area contributed by atoms with Crippen LogP contribution in [0.3, 0.4) is 0 Å². The van der Waals surface area contributed by atoms with Crippen LogP contribution in [0.5, 0.6) is 0 Å². The van der Waals surface area contributed by atoms with Gasteiger partial charge in [-0.25, -0.2) is 4.98 Å². The molecule has 0 bridgehead atoms. The molecular formula is C8H9N3OS. The van der Waals surface area contributed by atoms with Crippen molar-refractivity contribution in [1.82, 2.24) is 9.36 Å². The van der Waals surface area contributed by atoms with E-state index in [-0.39, 0.29) is 0 Å². The molecule has 2 aromatic rings. The summed E-state index contributed by atoms with van der Waals surface area (Å²) in [5, 5.41) is 3.99. The van der Waals surface area contributed by atoms with Gasteiger partial charge in [-0.3, -0.25) is 0 Å². The molecule has 2 aromatic heterocycles. The number of aromatic nitrogens is 2. The standard InChI is InChI=1S/C8H9N3OS/c1-6-7(2-3-12-6)4-9-8-10-5-11-13-8/h2-3,5H,4H2,1H3,(H,9,10,11). The zero-order valence-corrected chi connectivity index (χ0v) is 7.97. The first-order chi connectivity index (χ1) is 6.36. The van der Waals surface area contributed by atoms with Gasteiger partial charge in [-0.15, -0.1) is 0 Å². The topological polar surface area (TPSA) is 51.0 Å². The summed E-state index contributed by atoms with van der Waals surface area (Å²) in [6.45, 7) is 2.68. The molecule has 1 N–H and O–H groups in total. The van der Waals surface area contributed by atoms with Gasteiger partial charge in [0.05, 0.1) is 6.26 Å². The predicted molar refractivity (Wildman–Crippen MR) is 50.7 cm³/mol. The number of rotatable bonds is 3. The van der Waals surface area contributed by atoms with Crippen molar-refractivity contribution in [2.45, 2.75) is 13.5 Å². The van der Waals surface area contributed by atoms with Crippen molar-refractivity contribution in [1.29, 1.82) is 0 Å². The molecule has 2 heterocycles. The van der Waals surface area contributed by atoms with E-state index < -0.39 is 0 Å². The Balaban J connectivity index is 1.97. The van der Waals surface area contributed by atoms with Crippen LogP contribution in [-0.2, 0) is 6.54 Å². The van der Waals surface area contributed by atoms with E-state index in [0.29, 0.717) is 0 Å². The van der Waals surface area contributed by atoms with Gasteiger partial charge in [0, 0.05) is 23.6 Å². The second-order valence-electron chi connectivity index (χ2n) is 2.60. The average molecular weight is 195 g/mol. The van der Waals surface area contributed by atoms with Crippen molar-refractivity contribution in [2.24, 2.45) is 0 Å². The number of furan rings is 1. The van der Waals surface area contributed by atoms with Gasteiger partial charge in [-0.05, 0) is 13.0 Å². The minimum Gasteiger partial charge on any atom is -0.469 e. The van der Waals surface area contributed by atoms with E-state index in [1.807, 2.05) is 13.0 Å². The fourth-order valence-electron chi connectivity index (χ4n) is 1.02. The minimum atomic E-state index is 0.734. The van der Waals surface area contributed by atoms with Crippen molar-refractivity contribution >= 4 is 16.7 Å². The molecule has 0 aromatic carbocycles. The predicted octanol–water partition coefficient (Wildman–Crippen LogP) is 2.05. The number of hydrogen-bond acceptors (Lipinski definition) is 5. The molecule has 0 aliphatic rings. The molecule has 2 rings (SSSR count). The monoisotopic (exact) mass is 195 g/mol. The molecule has 0 fully saturated rings. The lowest BCUT2D eigenvalue weighted by molar-refractivity contribution is 0.530. The maximum atomic E-state index is 5.16. The summed E-state index contributed by atoms with van der Waals surface area (Å²) in [5.41, 5.74) is 1.15. The van der Waals surface area contributed by atoms with Crippen molar-refractivity contribution < 1.29 is 4.42 Å². The van der Waals surface area contributed by atoms with E-state index in [1.54, 1.807) is 6.26 Å². The lowest BCUT2D eigenvalue weighted by Crippen LogP contribution is -1.98. The van der Waals surface area contributed by atoms with Crippen LogP contribution in [0.1, 0.15) is 11.3 Å². The average Bonchev–Trinajstić information content (AvgIpc) is 2.72. The van der Waals surface area contributed by atoms with Crippen molar-refractivity contribution in [3.8, 4) is 0 Å². The normalized spacial score (nSPS) is 10.2. The first-order valence-corrected chi connectivity index (χ1v) is 4.67. The van der Waals surface area contributed by atoms with Crippen LogP contribution in [0.2, 0.25) is 0 Å². The van der Waals surface area contributed by atoms with Crippen LogP contribution in [0, 0.1) is 6.92 Å². The van der Waals surface area contributed by atoms with Gasteiger partial charge >= 0.3 is 0 Å². The molecule has 0 saturated carbocycles. The number of hydrogen-bond donors (Lipinski definition) is 1. The first-order valence-electron chi connectivity index (χ1n) is 3.90. The lowest BCUT2D eigenvalue weighted by Gasteiger charge is -1.99. The highest BCUT2D eigenvalue weighted by molar-refractivity contribution is 7.09. The molecule has 0 radical (unpaired) electrons. The molecule has 68 valence electrons. The van der Waals surface area contributed by atoms with Gasteiger partial charge in [0.25, 0.3) is 0 Å². The molecule has 0 atom stereocenters.